The number of carbonyl (C=O) groups is 2. The summed E-state index contributed by atoms with van der Waals surface area (Å²) >= 11 is 1.27. The summed E-state index contributed by atoms with van der Waals surface area (Å²) < 4.78 is 39.3. The fourth-order valence-corrected chi connectivity index (χ4v) is 4.30. The van der Waals surface area contributed by atoms with Gasteiger partial charge in [-0.15, -0.1) is 11.3 Å². The second-order valence-electron chi connectivity index (χ2n) is 7.22. The molecule has 0 spiro atoms. The maximum Gasteiger partial charge on any atom is 0.416 e. The number of nitrogens with zero attached hydrogens (tertiary/aromatic N) is 1. The van der Waals surface area contributed by atoms with Crippen molar-refractivity contribution in [3.63, 3.8) is 0 Å². The highest BCUT2D eigenvalue weighted by molar-refractivity contribution is 7.11. The molecule has 3 aromatic rings. The van der Waals surface area contributed by atoms with E-state index in [0.29, 0.717) is 10.6 Å². The van der Waals surface area contributed by atoms with Gasteiger partial charge in [-0.2, -0.15) is 13.2 Å². The van der Waals surface area contributed by atoms with Gasteiger partial charge in [0, 0.05) is 10.6 Å². The number of hydrogen-bond acceptors (Lipinski definition) is 4. The van der Waals surface area contributed by atoms with Gasteiger partial charge in [0.2, 0.25) is 0 Å². The highest BCUT2D eigenvalue weighted by Crippen LogP contribution is 2.37. The van der Waals surface area contributed by atoms with E-state index in [1.807, 2.05) is 19.9 Å². The Morgan fingerprint density at radius 1 is 0.903 bits per heavy atom. The van der Waals surface area contributed by atoms with Crippen LogP contribution >= 0.6 is 11.3 Å². The van der Waals surface area contributed by atoms with Crippen molar-refractivity contribution in [3.05, 3.63) is 87.2 Å². The first-order valence-corrected chi connectivity index (χ1v) is 10.2. The van der Waals surface area contributed by atoms with Crippen molar-refractivity contribution in [2.24, 2.45) is 0 Å². The van der Waals surface area contributed by atoms with E-state index >= 15 is 0 Å². The minimum atomic E-state index is -4.52. The molecule has 4 rings (SSSR count). The Morgan fingerprint density at radius 2 is 1.61 bits per heavy atom. The first-order chi connectivity index (χ1) is 14.6. The molecule has 2 amide bonds. The maximum absolute atomic E-state index is 13.3. The van der Waals surface area contributed by atoms with E-state index in [-0.39, 0.29) is 17.0 Å². The normalized spacial score (nSPS) is 14.5. The number of benzene rings is 2. The van der Waals surface area contributed by atoms with Gasteiger partial charge in [0.05, 0.1) is 16.8 Å². The summed E-state index contributed by atoms with van der Waals surface area (Å²) in [6.45, 7) is 3.72. The smallest absolute Gasteiger partial charge is 0.350 e. The molecule has 0 atom stereocenters. The minimum Gasteiger partial charge on any atom is -0.350 e. The number of rotatable bonds is 4. The van der Waals surface area contributed by atoms with Crippen LogP contribution in [0.1, 0.15) is 21.6 Å². The molecule has 1 N–H and O–H groups in total. The van der Waals surface area contributed by atoms with Gasteiger partial charge in [-0.25, -0.2) is 4.90 Å². The molecule has 158 valence electrons. The molecule has 2 heterocycles. The van der Waals surface area contributed by atoms with Crippen molar-refractivity contribution >= 4 is 40.1 Å². The molecular weight excluding hydrogens is 425 g/mol. The lowest BCUT2D eigenvalue weighted by Gasteiger charge is -2.17. The monoisotopic (exact) mass is 442 g/mol. The predicted molar refractivity (Wildman–Crippen MR) is 115 cm³/mol. The van der Waals surface area contributed by atoms with Crippen molar-refractivity contribution in [2.75, 3.05) is 10.2 Å². The molecule has 4 nitrogen and oxygen atoms in total. The van der Waals surface area contributed by atoms with Crippen molar-refractivity contribution in [1.29, 1.82) is 0 Å². The van der Waals surface area contributed by atoms with Crippen LogP contribution in [0.15, 0.2) is 65.7 Å². The van der Waals surface area contributed by atoms with Gasteiger partial charge in [0.1, 0.15) is 5.70 Å². The average Bonchev–Trinajstić information content (AvgIpc) is 3.28. The highest BCUT2D eigenvalue weighted by Gasteiger charge is 2.41. The first-order valence-electron chi connectivity index (χ1n) is 9.34. The van der Waals surface area contributed by atoms with Crippen molar-refractivity contribution in [3.8, 4) is 0 Å². The van der Waals surface area contributed by atoms with Crippen LogP contribution in [0.3, 0.4) is 0 Å². The maximum atomic E-state index is 13.3. The lowest BCUT2D eigenvalue weighted by atomic mass is 10.1. The highest BCUT2D eigenvalue weighted by atomic mass is 32.1. The summed E-state index contributed by atoms with van der Waals surface area (Å²) in [5, 5.41) is 4.54. The summed E-state index contributed by atoms with van der Waals surface area (Å²) in [5.74, 6) is -1.14. The number of anilines is 2. The molecule has 0 unspecified atom stereocenters. The third-order valence-corrected chi connectivity index (χ3v) is 5.66. The van der Waals surface area contributed by atoms with E-state index in [0.717, 1.165) is 28.2 Å². The third-order valence-electron chi connectivity index (χ3n) is 4.78. The third kappa shape index (κ3) is 3.98. The Morgan fingerprint density at radius 3 is 2.23 bits per heavy atom. The van der Waals surface area contributed by atoms with Gasteiger partial charge in [0.15, 0.2) is 0 Å². The van der Waals surface area contributed by atoms with Gasteiger partial charge in [-0.3, -0.25) is 9.59 Å². The summed E-state index contributed by atoms with van der Waals surface area (Å²) in [7, 11) is 0. The summed E-state index contributed by atoms with van der Waals surface area (Å²) in [4.78, 5) is 28.2. The minimum absolute atomic E-state index is 0.0501. The standard InChI is InChI=1S/C23H17F3N2O2S/c1-13-9-14(2)11-17(10-13)28-21(29)19(18-7-4-8-31-18)20(22(28)30)27-16-6-3-5-15(12-16)23(24,25)26/h3-12,27H,1-2H3. The van der Waals surface area contributed by atoms with Crippen LogP contribution in [-0.2, 0) is 15.8 Å². The van der Waals surface area contributed by atoms with Gasteiger partial charge < -0.3 is 5.32 Å². The van der Waals surface area contributed by atoms with Crippen molar-refractivity contribution in [1.82, 2.24) is 0 Å². The molecule has 0 saturated heterocycles. The van der Waals surface area contributed by atoms with Gasteiger partial charge in [-0.1, -0.05) is 18.2 Å². The van der Waals surface area contributed by atoms with E-state index in [9.17, 15) is 22.8 Å². The van der Waals surface area contributed by atoms with Crippen molar-refractivity contribution in [2.45, 2.75) is 20.0 Å². The van der Waals surface area contributed by atoms with E-state index < -0.39 is 23.6 Å². The Labute approximate surface area is 180 Å². The molecule has 0 aliphatic carbocycles. The molecular formula is C23H17F3N2O2S. The van der Waals surface area contributed by atoms with Crippen LogP contribution in [-0.4, -0.2) is 11.8 Å². The van der Waals surface area contributed by atoms with Crippen LogP contribution < -0.4 is 10.2 Å². The lowest BCUT2D eigenvalue weighted by molar-refractivity contribution is -0.137. The molecule has 0 radical (unpaired) electrons. The zero-order valence-corrected chi connectivity index (χ0v) is 17.4. The van der Waals surface area contributed by atoms with Gasteiger partial charge in [0.25, 0.3) is 11.8 Å². The number of carbonyl (C=O) groups excluding carboxylic acids is 2. The van der Waals surface area contributed by atoms with E-state index in [4.69, 9.17) is 0 Å². The molecule has 1 aliphatic rings. The van der Waals surface area contributed by atoms with Crippen LogP contribution in [0.25, 0.3) is 5.57 Å². The quantitative estimate of drug-likeness (QED) is 0.521. The number of imide groups is 1. The molecule has 31 heavy (non-hydrogen) atoms. The van der Waals surface area contributed by atoms with Crippen LogP contribution in [0.4, 0.5) is 24.5 Å². The largest absolute Gasteiger partial charge is 0.416 e. The van der Waals surface area contributed by atoms with Crippen LogP contribution in [0.5, 0.6) is 0 Å². The fourth-order valence-electron chi connectivity index (χ4n) is 3.53. The van der Waals surface area contributed by atoms with Gasteiger partial charge >= 0.3 is 6.18 Å². The SMILES string of the molecule is Cc1cc(C)cc(N2C(=O)C(Nc3cccc(C(F)(F)F)c3)=C(c3cccs3)C2=O)c1. The molecule has 0 fully saturated rings. The Bertz CT molecular complexity index is 1190. The molecule has 1 aliphatic heterocycles. The Hall–Kier alpha value is -3.39. The summed E-state index contributed by atoms with van der Waals surface area (Å²) in [6, 6.07) is 13.3. The first kappa shape index (κ1) is 20.9. The molecule has 0 saturated carbocycles. The molecule has 8 heteroatoms. The van der Waals surface area contributed by atoms with E-state index in [1.165, 1.54) is 23.5 Å². The Balaban J connectivity index is 1.80. The number of amides is 2. The molecule has 2 aromatic carbocycles. The molecule has 1 aromatic heterocycles. The average molecular weight is 442 g/mol. The topological polar surface area (TPSA) is 49.4 Å². The number of halogens is 3. The number of alkyl halides is 3. The summed E-state index contributed by atoms with van der Waals surface area (Å²) in [5.41, 5.74) is 1.49. The summed E-state index contributed by atoms with van der Waals surface area (Å²) in [6.07, 6.45) is -4.52. The number of hydrogen-bond donors (Lipinski definition) is 1. The zero-order valence-electron chi connectivity index (χ0n) is 16.6. The van der Waals surface area contributed by atoms with Crippen LogP contribution in [0, 0.1) is 13.8 Å². The number of nitrogens with one attached hydrogen (secondary N) is 1. The van der Waals surface area contributed by atoms with Crippen LogP contribution in [0.2, 0.25) is 0 Å². The predicted octanol–water partition coefficient (Wildman–Crippen LogP) is 5.78. The van der Waals surface area contributed by atoms with Crippen molar-refractivity contribution < 1.29 is 22.8 Å². The van der Waals surface area contributed by atoms with E-state index in [1.54, 1.807) is 29.6 Å². The lowest BCUT2D eigenvalue weighted by Crippen LogP contribution is -2.32. The zero-order chi connectivity index (χ0) is 22.3. The fraction of sp³-hybridized carbons (Fsp3) is 0.130. The number of aryl methyl sites for hydroxylation is 2. The molecule has 0 bridgehead atoms. The Kier molecular flexibility index (Phi) is 5.18. The second-order valence-corrected chi connectivity index (χ2v) is 8.17. The second kappa shape index (κ2) is 7.70. The number of thiophene rings is 1. The van der Waals surface area contributed by atoms with E-state index in [2.05, 4.69) is 5.32 Å². The van der Waals surface area contributed by atoms with Gasteiger partial charge in [-0.05, 0) is 66.8 Å².